The quantitative estimate of drug-likeness (QED) is 0.393. The molecule has 0 saturated carbocycles. The fraction of sp³-hybridized carbons (Fsp3) is 0.448. The number of ether oxygens (including phenoxy) is 2. The number of aromatic hydroxyl groups is 1. The van der Waals surface area contributed by atoms with Crippen molar-refractivity contribution in [2.45, 2.75) is 71.7 Å². The Morgan fingerprint density at radius 3 is 2.21 bits per heavy atom. The van der Waals surface area contributed by atoms with Gasteiger partial charge in [-0.1, -0.05) is 48.5 Å². The van der Waals surface area contributed by atoms with E-state index in [0.29, 0.717) is 5.56 Å². The molecule has 39 heavy (non-hydrogen) atoms. The summed E-state index contributed by atoms with van der Waals surface area (Å²) in [6.07, 6.45) is -0.663. The Balaban J connectivity index is 2.57. The van der Waals surface area contributed by atoms with E-state index in [1.165, 1.54) is 12.0 Å². The molecule has 0 aliphatic rings. The first-order valence-corrected chi connectivity index (χ1v) is 12.7. The number of hydrogen-bond acceptors (Lipinski definition) is 7. The van der Waals surface area contributed by atoms with Gasteiger partial charge in [-0.25, -0.2) is 4.79 Å². The Morgan fingerprint density at radius 2 is 1.64 bits per heavy atom. The number of nitrogens with one attached hydrogen (secondary N) is 2. The number of para-hydroxylation sites is 1. The Labute approximate surface area is 229 Å². The van der Waals surface area contributed by atoms with E-state index in [1.54, 1.807) is 59.7 Å². The summed E-state index contributed by atoms with van der Waals surface area (Å²) >= 11 is 0. The summed E-state index contributed by atoms with van der Waals surface area (Å²) in [5, 5.41) is 16.1. The summed E-state index contributed by atoms with van der Waals surface area (Å²) in [7, 11) is 1.19. The van der Waals surface area contributed by atoms with Crippen LogP contribution in [0.1, 0.15) is 57.4 Å². The van der Waals surface area contributed by atoms with Crippen LogP contribution in [-0.2, 0) is 30.3 Å². The van der Waals surface area contributed by atoms with Crippen molar-refractivity contribution in [3.63, 3.8) is 0 Å². The number of phenols is 1. The molecule has 0 radical (unpaired) electrons. The maximum atomic E-state index is 14.2. The minimum absolute atomic E-state index is 0.123. The zero-order valence-corrected chi connectivity index (χ0v) is 23.6. The predicted molar refractivity (Wildman–Crippen MR) is 146 cm³/mol. The lowest BCUT2D eigenvalue weighted by atomic mass is 9.97. The third-order valence-corrected chi connectivity index (χ3v) is 5.81. The van der Waals surface area contributed by atoms with Crippen molar-refractivity contribution < 1.29 is 33.8 Å². The molecular weight excluding hydrogens is 502 g/mol. The van der Waals surface area contributed by atoms with Gasteiger partial charge in [0.05, 0.1) is 7.11 Å². The molecule has 0 spiro atoms. The standard InChI is InChI=1S/C29H39N3O7/c1-18(2)32(24(26(35)30-17-23(33)38-7)21-15-11-12-19(3)25(21)34)27(36)22(16-20-13-9-8-10-14-20)31-28(37)39-29(4,5)6/h8-15,18,22,24,34H,16-17H2,1-7H3,(H,30,35)(H,31,37). The molecule has 3 N–H and O–H groups in total. The highest BCUT2D eigenvalue weighted by Gasteiger charge is 2.39. The van der Waals surface area contributed by atoms with E-state index in [4.69, 9.17) is 4.74 Å². The van der Waals surface area contributed by atoms with Crippen LogP contribution in [-0.4, -0.2) is 65.2 Å². The van der Waals surface area contributed by atoms with Crippen LogP contribution in [0, 0.1) is 6.92 Å². The van der Waals surface area contributed by atoms with Crippen LogP contribution in [0.2, 0.25) is 0 Å². The number of methoxy groups -OCH3 is 1. The molecule has 0 aliphatic heterocycles. The number of hydrogen-bond donors (Lipinski definition) is 3. The largest absolute Gasteiger partial charge is 0.507 e. The molecule has 2 aromatic rings. The third-order valence-electron chi connectivity index (χ3n) is 5.81. The summed E-state index contributed by atoms with van der Waals surface area (Å²) in [5.41, 5.74) is 0.657. The molecule has 212 valence electrons. The van der Waals surface area contributed by atoms with Gasteiger partial charge < -0.3 is 30.1 Å². The second-order valence-corrected chi connectivity index (χ2v) is 10.4. The first kappa shape index (κ1) is 31.1. The van der Waals surface area contributed by atoms with Crippen molar-refractivity contribution in [3.05, 3.63) is 65.2 Å². The number of aryl methyl sites for hydroxylation is 1. The van der Waals surface area contributed by atoms with Gasteiger partial charge in [-0.05, 0) is 52.7 Å². The van der Waals surface area contributed by atoms with Crippen molar-refractivity contribution in [1.82, 2.24) is 15.5 Å². The van der Waals surface area contributed by atoms with Crippen LogP contribution in [0.15, 0.2) is 48.5 Å². The fourth-order valence-electron chi connectivity index (χ4n) is 4.01. The summed E-state index contributed by atoms with van der Waals surface area (Å²) in [4.78, 5) is 53.5. The van der Waals surface area contributed by atoms with Crippen molar-refractivity contribution >= 4 is 23.9 Å². The maximum absolute atomic E-state index is 14.2. The minimum atomic E-state index is -1.32. The van der Waals surface area contributed by atoms with Crippen molar-refractivity contribution in [2.24, 2.45) is 0 Å². The average molecular weight is 542 g/mol. The zero-order chi connectivity index (χ0) is 29.3. The molecule has 0 heterocycles. The number of esters is 1. The van der Waals surface area contributed by atoms with Gasteiger partial charge in [0.25, 0.3) is 0 Å². The number of benzene rings is 2. The number of carbonyl (C=O) groups is 4. The van der Waals surface area contributed by atoms with Gasteiger partial charge in [0, 0.05) is 18.0 Å². The van der Waals surface area contributed by atoms with Crippen LogP contribution < -0.4 is 10.6 Å². The third kappa shape index (κ3) is 9.01. The second-order valence-electron chi connectivity index (χ2n) is 10.4. The van der Waals surface area contributed by atoms with Gasteiger partial charge >= 0.3 is 12.1 Å². The number of phenolic OH excluding ortho intramolecular Hbond substituents is 1. The van der Waals surface area contributed by atoms with E-state index < -0.39 is 54.1 Å². The molecule has 2 aromatic carbocycles. The Morgan fingerprint density at radius 1 is 1.00 bits per heavy atom. The van der Waals surface area contributed by atoms with E-state index in [-0.39, 0.29) is 17.7 Å². The van der Waals surface area contributed by atoms with E-state index in [1.807, 2.05) is 30.3 Å². The Kier molecular flexibility index (Phi) is 10.9. The molecule has 0 aromatic heterocycles. The number of rotatable bonds is 10. The molecule has 10 nitrogen and oxygen atoms in total. The van der Waals surface area contributed by atoms with Crippen molar-refractivity contribution in [3.8, 4) is 5.75 Å². The van der Waals surface area contributed by atoms with Gasteiger partial charge in [-0.15, -0.1) is 0 Å². The lowest BCUT2D eigenvalue weighted by molar-refractivity contribution is -0.146. The number of nitrogens with zero attached hydrogens (tertiary/aromatic N) is 1. The Hall–Kier alpha value is -4.08. The maximum Gasteiger partial charge on any atom is 0.408 e. The van der Waals surface area contributed by atoms with E-state index in [0.717, 1.165) is 5.56 Å². The van der Waals surface area contributed by atoms with Crippen molar-refractivity contribution in [2.75, 3.05) is 13.7 Å². The molecule has 2 rings (SSSR count). The molecule has 0 aliphatic carbocycles. The van der Waals surface area contributed by atoms with Crippen LogP contribution in [0.5, 0.6) is 5.75 Å². The average Bonchev–Trinajstić information content (AvgIpc) is 2.86. The molecule has 10 heteroatoms. The van der Waals surface area contributed by atoms with Crippen LogP contribution in [0.25, 0.3) is 0 Å². The SMILES string of the molecule is COC(=O)CNC(=O)C(c1cccc(C)c1O)N(C(=O)C(Cc1ccccc1)NC(=O)OC(C)(C)C)C(C)C. The van der Waals surface area contributed by atoms with Gasteiger partial charge in [-0.3, -0.25) is 14.4 Å². The lowest BCUT2D eigenvalue weighted by Gasteiger charge is -2.37. The highest BCUT2D eigenvalue weighted by atomic mass is 16.6. The predicted octanol–water partition coefficient (Wildman–Crippen LogP) is 3.40. The van der Waals surface area contributed by atoms with Crippen molar-refractivity contribution in [1.29, 1.82) is 0 Å². The fourth-order valence-corrected chi connectivity index (χ4v) is 4.01. The summed E-state index contributed by atoms with van der Waals surface area (Å²) < 4.78 is 10.0. The summed E-state index contributed by atoms with van der Waals surface area (Å²) in [5.74, 6) is -2.10. The zero-order valence-electron chi connectivity index (χ0n) is 23.6. The van der Waals surface area contributed by atoms with Gasteiger partial charge in [-0.2, -0.15) is 0 Å². The monoisotopic (exact) mass is 541 g/mol. The van der Waals surface area contributed by atoms with Crippen LogP contribution >= 0.6 is 0 Å². The molecule has 0 fully saturated rings. The van der Waals surface area contributed by atoms with E-state index in [2.05, 4.69) is 15.4 Å². The summed E-state index contributed by atoms with van der Waals surface area (Å²) in [6, 6.07) is 11.0. The normalized spacial score (nSPS) is 12.7. The van der Waals surface area contributed by atoms with Gasteiger partial charge in [0.1, 0.15) is 30.0 Å². The van der Waals surface area contributed by atoms with Gasteiger partial charge in [0.15, 0.2) is 0 Å². The summed E-state index contributed by atoms with van der Waals surface area (Å²) in [6.45, 7) is 9.82. The molecule has 0 bridgehead atoms. The molecule has 3 amide bonds. The topological polar surface area (TPSA) is 134 Å². The van der Waals surface area contributed by atoms with E-state index in [9.17, 15) is 24.3 Å². The number of alkyl carbamates (subject to hydrolysis) is 1. The first-order valence-electron chi connectivity index (χ1n) is 12.7. The minimum Gasteiger partial charge on any atom is -0.507 e. The molecule has 2 atom stereocenters. The number of amides is 3. The highest BCUT2D eigenvalue weighted by molar-refractivity contribution is 5.94. The Bertz CT molecular complexity index is 1160. The van der Waals surface area contributed by atoms with Crippen LogP contribution in [0.3, 0.4) is 0 Å². The smallest absolute Gasteiger partial charge is 0.408 e. The van der Waals surface area contributed by atoms with Crippen LogP contribution in [0.4, 0.5) is 4.79 Å². The second kappa shape index (κ2) is 13.6. The molecule has 2 unspecified atom stereocenters. The molecule has 0 saturated heterocycles. The first-order chi connectivity index (χ1) is 18.2. The van der Waals surface area contributed by atoms with Gasteiger partial charge in [0.2, 0.25) is 11.8 Å². The molecular formula is C29H39N3O7. The number of carbonyl (C=O) groups excluding carboxylic acids is 4. The van der Waals surface area contributed by atoms with E-state index >= 15 is 0 Å². The lowest BCUT2D eigenvalue weighted by Crippen LogP contribution is -2.56. The highest BCUT2D eigenvalue weighted by Crippen LogP contribution is 2.33.